The van der Waals surface area contributed by atoms with E-state index in [0.29, 0.717) is 12.6 Å². The monoisotopic (exact) mass is 318 g/mol. The second-order valence-corrected chi connectivity index (χ2v) is 6.73. The van der Waals surface area contributed by atoms with Crippen LogP contribution in [0.25, 0.3) is 10.9 Å². The molecule has 2 aromatic rings. The molecule has 0 aliphatic carbocycles. The molecule has 23 heavy (non-hydrogen) atoms. The number of nitrogens with zero attached hydrogens (tertiary/aromatic N) is 3. The molecule has 1 aromatic heterocycles. The molecule has 0 atom stereocenters. The first-order chi connectivity index (χ1) is 10.7. The first-order valence-electron chi connectivity index (χ1n) is 7.97. The lowest BCUT2D eigenvalue weighted by molar-refractivity contribution is 0.0501. The highest BCUT2D eigenvalue weighted by Gasteiger charge is 2.21. The van der Waals surface area contributed by atoms with Crippen molar-refractivity contribution in [2.75, 3.05) is 18.4 Å². The minimum absolute atomic E-state index is 0.217. The lowest BCUT2D eigenvalue weighted by Crippen LogP contribution is -2.44. The van der Waals surface area contributed by atoms with Crippen molar-refractivity contribution in [3.05, 3.63) is 24.4 Å². The Hall–Kier alpha value is -2.08. The van der Waals surface area contributed by atoms with E-state index >= 15 is 0 Å². The Kier molecular flexibility index (Phi) is 4.94. The Morgan fingerprint density at radius 3 is 2.70 bits per heavy atom. The zero-order chi connectivity index (χ0) is 17.2. The highest BCUT2D eigenvalue weighted by atomic mass is 16.3. The number of hydrogen-bond acceptors (Lipinski definition) is 3. The third-order valence-corrected chi connectivity index (χ3v) is 3.55. The Morgan fingerprint density at radius 1 is 1.43 bits per heavy atom. The minimum Gasteiger partial charge on any atom is -0.389 e. The van der Waals surface area contributed by atoms with Crippen molar-refractivity contribution >= 4 is 22.6 Å². The molecule has 1 aromatic carbocycles. The second kappa shape index (κ2) is 6.58. The van der Waals surface area contributed by atoms with E-state index < -0.39 is 5.60 Å². The van der Waals surface area contributed by atoms with Crippen molar-refractivity contribution < 1.29 is 9.90 Å². The van der Waals surface area contributed by atoms with Crippen molar-refractivity contribution in [1.29, 1.82) is 0 Å². The third kappa shape index (κ3) is 4.45. The summed E-state index contributed by atoms with van der Waals surface area (Å²) in [4.78, 5) is 13.9. The highest BCUT2D eigenvalue weighted by Crippen LogP contribution is 2.20. The maximum absolute atomic E-state index is 12.4. The van der Waals surface area contributed by atoms with Gasteiger partial charge in [-0.2, -0.15) is 5.10 Å². The van der Waals surface area contributed by atoms with Gasteiger partial charge in [-0.3, -0.25) is 4.68 Å². The summed E-state index contributed by atoms with van der Waals surface area (Å²) < 4.78 is 1.91. The third-order valence-electron chi connectivity index (χ3n) is 3.55. The van der Waals surface area contributed by atoms with E-state index in [1.54, 1.807) is 18.7 Å². The predicted molar refractivity (Wildman–Crippen MR) is 92.7 cm³/mol. The molecule has 0 bridgehead atoms. The van der Waals surface area contributed by atoms with Gasteiger partial charge in [-0.15, -0.1) is 0 Å². The van der Waals surface area contributed by atoms with Gasteiger partial charge in [0.2, 0.25) is 0 Å². The summed E-state index contributed by atoms with van der Waals surface area (Å²) in [5.41, 5.74) is 0.705. The van der Waals surface area contributed by atoms with Crippen LogP contribution in [0.5, 0.6) is 0 Å². The number of aliphatic hydroxyl groups is 1. The van der Waals surface area contributed by atoms with Crippen LogP contribution >= 0.6 is 0 Å². The molecule has 2 rings (SSSR count). The molecule has 2 N–H and O–H groups in total. The number of amides is 2. The Bertz CT molecular complexity index is 685. The second-order valence-electron chi connectivity index (χ2n) is 6.73. The van der Waals surface area contributed by atoms with Crippen molar-refractivity contribution in [1.82, 2.24) is 14.7 Å². The maximum Gasteiger partial charge on any atom is 0.321 e. The summed E-state index contributed by atoms with van der Waals surface area (Å²) in [6.07, 6.45) is 1.98. The number of anilines is 1. The number of hydrogen-bond donors (Lipinski definition) is 2. The first kappa shape index (κ1) is 17.3. The van der Waals surface area contributed by atoms with Crippen molar-refractivity contribution in [3.8, 4) is 0 Å². The molecular weight excluding hydrogens is 292 g/mol. The maximum atomic E-state index is 12.4. The fourth-order valence-electron chi connectivity index (χ4n) is 2.38. The number of carbonyl (C=O) groups excluding carboxylic acids is 1. The zero-order valence-corrected chi connectivity index (χ0v) is 14.5. The van der Waals surface area contributed by atoms with E-state index in [4.69, 9.17) is 0 Å². The summed E-state index contributed by atoms with van der Waals surface area (Å²) in [6.45, 7) is 10.2. The fraction of sp³-hybridized carbons (Fsp3) is 0.529. The predicted octanol–water partition coefficient (Wildman–Crippen LogP) is 3.24. The van der Waals surface area contributed by atoms with Gasteiger partial charge in [-0.05, 0) is 52.8 Å². The molecule has 0 spiro atoms. The van der Waals surface area contributed by atoms with Gasteiger partial charge in [0, 0.05) is 29.9 Å². The molecule has 2 amide bonds. The van der Waals surface area contributed by atoms with E-state index in [1.165, 1.54) is 0 Å². The molecule has 0 saturated carbocycles. The van der Waals surface area contributed by atoms with Crippen molar-refractivity contribution in [3.63, 3.8) is 0 Å². The van der Waals surface area contributed by atoms with Gasteiger partial charge in [0.05, 0.1) is 17.7 Å². The fourth-order valence-corrected chi connectivity index (χ4v) is 2.38. The molecule has 0 aliphatic rings. The number of rotatable bonds is 5. The van der Waals surface area contributed by atoms with Crippen LogP contribution in [0.15, 0.2) is 24.4 Å². The lowest BCUT2D eigenvalue weighted by atomic mass is 10.1. The van der Waals surface area contributed by atoms with Crippen LogP contribution in [-0.4, -0.2) is 44.5 Å². The molecular formula is C17H26N4O2. The van der Waals surface area contributed by atoms with Gasteiger partial charge in [-0.1, -0.05) is 0 Å². The number of aromatic nitrogens is 2. The molecule has 6 heteroatoms. The largest absolute Gasteiger partial charge is 0.389 e. The SMILES string of the molecule is CCN(CC(C)(C)O)C(=O)Nc1ccc2nn(C(C)C)cc2c1. The van der Waals surface area contributed by atoms with Crippen LogP contribution in [0.1, 0.15) is 40.7 Å². The average molecular weight is 318 g/mol. The van der Waals surface area contributed by atoms with Gasteiger partial charge < -0.3 is 15.3 Å². The first-order valence-corrected chi connectivity index (χ1v) is 7.97. The molecule has 0 unspecified atom stereocenters. The molecule has 1 heterocycles. The average Bonchev–Trinajstić information content (AvgIpc) is 2.87. The van der Waals surface area contributed by atoms with E-state index in [9.17, 15) is 9.90 Å². The Morgan fingerprint density at radius 2 is 2.13 bits per heavy atom. The quantitative estimate of drug-likeness (QED) is 0.889. The van der Waals surface area contributed by atoms with Crippen LogP contribution in [0.4, 0.5) is 10.5 Å². The number of benzene rings is 1. The highest BCUT2D eigenvalue weighted by molar-refractivity contribution is 5.92. The summed E-state index contributed by atoms with van der Waals surface area (Å²) >= 11 is 0. The van der Waals surface area contributed by atoms with Crippen LogP contribution in [0, 0.1) is 0 Å². The summed E-state index contributed by atoms with van der Waals surface area (Å²) in [7, 11) is 0. The molecule has 0 radical (unpaired) electrons. The number of likely N-dealkylation sites (N-methyl/N-ethyl adjacent to an activating group) is 1. The number of carbonyl (C=O) groups is 1. The summed E-state index contributed by atoms with van der Waals surface area (Å²) in [6, 6.07) is 5.73. The van der Waals surface area contributed by atoms with E-state index in [2.05, 4.69) is 24.3 Å². The van der Waals surface area contributed by atoms with Crippen LogP contribution in [0.3, 0.4) is 0 Å². The number of urea groups is 1. The van der Waals surface area contributed by atoms with Gasteiger partial charge in [0.1, 0.15) is 0 Å². The van der Waals surface area contributed by atoms with E-state index in [-0.39, 0.29) is 12.6 Å². The Balaban J connectivity index is 2.15. The molecule has 0 aliphatic heterocycles. The van der Waals surface area contributed by atoms with Crippen LogP contribution in [-0.2, 0) is 0 Å². The molecule has 0 saturated heterocycles. The Labute approximate surface area is 137 Å². The standard InChI is InChI=1S/C17H26N4O2/c1-6-20(11-17(4,5)23)16(22)18-14-7-8-15-13(9-14)10-21(19-15)12(2)3/h7-10,12,23H,6,11H2,1-5H3,(H,18,22). The molecule has 0 fully saturated rings. The number of nitrogens with one attached hydrogen (secondary N) is 1. The molecule has 126 valence electrons. The van der Waals surface area contributed by atoms with E-state index in [1.807, 2.05) is 36.0 Å². The molecule has 6 nitrogen and oxygen atoms in total. The topological polar surface area (TPSA) is 70.4 Å². The summed E-state index contributed by atoms with van der Waals surface area (Å²) in [5, 5.41) is 18.3. The van der Waals surface area contributed by atoms with Gasteiger partial charge in [0.15, 0.2) is 0 Å². The van der Waals surface area contributed by atoms with Crippen LogP contribution < -0.4 is 5.32 Å². The van der Waals surface area contributed by atoms with E-state index in [0.717, 1.165) is 16.6 Å². The summed E-state index contributed by atoms with van der Waals surface area (Å²) in [5.74, 6) is 0. The van der Waals surface area contributed by atoms with Crippen molar-refractivity contribution in [2.24, 2.45) is 0 Å². The van der Waals surface area contributed by atoms with Gasteiger partial charge in [-0.25, -0.2) is 4.79 Å². The zero-order valence-electron chi connectivity index (χ0n) is 14.5. The normalized spacial score (nSPS) is 12.0. The van der Waals surface area contributed by atoms with Crippen molar-refractivity contribution in [2.45, 2.75) is 46.3 Å². The number of fused-ring (bicyclic) bond motifs is 1. The minimum atomic E-state index is -0.921. The smallest absolute Gasteiger partial charge is 0.321 e. The van der Waals surface area contributed by atoms with Gasteiger partial charge >= 0.3 is 6.03 Å². The lowest BCUT2D eigenvalue weighted by Gasteiger charge is -2.28. The van der Waals surface area contributed by atoms with Gasteiger partial charge in [0.25, 0.3) is 0 Å². The van der Waals surface area contributed by atoms with Crippen LogP contribution in [0.2, 0.25) is 0 Å².